The van der Waals surface area contributed by atoms with E-state index < -0.39 is 43.0 Å². The molecule has 0 heterocycles. The van der Waals surface area contributed by atoms with Crippen LogP contribution in [-0.2, 0) is 10.0 Å². The van der Waals surface area contributed by atoms with E-state index in [0.717, 1.165) is 4.31 Å². The lowest BCUT2D eigenvalue weighted by atomic mass is 9.82. The number of sulfonamides is 1. The van der Waals surface area contributed by atoms with Gasteiger partial charge >= 0.3 is 0 Å². The second kappa shape index (κ2) is 9.38. The summed E-state index contributed by atoms with van der Waals surface area (Å²) in [4.78, 5) is 23.9. The molecule has 34 heavy (non-hydrogen) atoms. The highest BCUT2D eigenvalue weighted by Crippen LogP contribution is 2.40. The maximum Gasteiger partial charge on any atom is 0.253 e. The molecule has 3 aromatic rings. The van der Waals surface area contributed by atoms with Crippen LogP contribution in [0.3, 0.4) is 0 Å². The molecule has 0 unspecified atom stereocenters. The summed E-state index contributed by atoms with van der Waals surface area (Å²) in [6, 6.07) is 11.6. The molecule has 0 aliphatic carbocycles. The third kappa shape index (κ3) is 4.67. The summed E-state index contributed by atoms with van der Waals surface area (Å²) in [5, 5.41) is 26.7. The molecule has 3 aromatic carbocycles. The van der Waals surface area contributed by atoms with E-state index in [1.54, 1.807) is 26.0 Å². The number of phenolic OH excluding ortho intramolecular Hbond substituents is 1. The molecule has 0 aliphatic heterocycles. The van der Waals surface area contributed by atoms with Crippen LogP contribution in [0.15, 0.2) is 56.9 Å². The Kier molecular flexibility index (Phi) is 7.09. The first kappa shape index (κ1) is 25.7. The van der Waals surface area contributed by atoms with E-state index in [1.807, 2.05) is 18.2 Å². The number of aliphatic hydroxyl groups is 1. The quantitative estimate of drug-likeness (QED) is 0.256. The number of phenols is 1. The molecule has 3 rings (SSSR count). The van der Waals surface area contributed by atoms with Gasteiger partial charge in [0.15, 0.2) is 5.75 Å². The van der Waals surface area contributed by atoms with Crippen molar-refractivity contribution in [2.45, 2.75) is 24.8 Å². The van der Waals surface area contributed by atoms with Crippen LogP contribution in [-0.4, -0.2) is 43.6 Å². The minimum Gasteiger partial charge on any atom is -0.504 e. The molecule has 0 saturated carbocycles. The first-order valence-corrected chi connectivity index (χ1v) is 12.1. The maximum atomic E-state index is 12.6. The smallest absolute Gasteiger partial charge is 0.253 e. The maximum absolute atomic E-state index is 12.6. The van der Waals surface area contributed by atoms with Crippen molar-refractivity contribution in [2.24, 2.45) is 5.41 Å². The van der Waals surface area contributed by atoms with Gasteiger partial charge in [0.2, 0.25) is 10.0 Å². The number of aliphatic hydroxyl groups excluding tert-OH is 1. The van der Waals surface area contributed by atoms with Crippen LogP contribution < -0.4 is 21.5 Å². The van der Waals surface area contributed by atoms with Gasteiger partial charge in [0.1, 0.15) is 16.3 Å². The number of rotatable bonds is 9. The zero-order valence-electron chi connectivity index (χ0n) is 19.1. The van der Waals surface area contributed by atoms with Crippen LogP contribution in [0.1, 0.15) is 25.5 Å². The van der Waals surface area contributed by atoms with Crippen LogP contribution in [0.4, 0.5) is 17.1 Å². The molecule has 0 saturated heterocycles. The van der Waals surface area contributed by atoms with E-state index in [1.165, 1.54) is 26.2 Å². The molecule has 0 fully saturated rings. The molecule has 4 N–H and O–H groups in total. The molecular formula is C23H26ClN3O6S. The third-order valence-corrected chi connectivity index (χ3v) is 7.89. The number of halogens is 1. The number of anilines is 3. The zero-order valence-corrected chi connectivity index (χ0v) is 20.7. The van der Waals surface area contributed by atoms with Gasteiger partial charge < -0.3 is 20.8 Å². The fourth-order valence-electron chi connectivity index (χ4n) is 3.39. The second-order valence-electron chi connectivity index (χ2n) is 8.75. The predicted octanol–water partition coefficient (Wildman–Crippen LogP) is 2.81. The molecular weight excluding hydrogens is 482 g/mol. The van der Waals surface area contributed by atoms with Gasteiger partial charge in [0.05, 0.1) is 16.8 Å². The highest BCUT2D eigenvalue weighted by molar-refractivity contribution is 7.89. The summed E-state index contributed by atoms with van der Waals surface area (Å²) in [5.74, 6) is -0.681. The van der Waals surface area contributed by atoms with Gasteiger partial charge in [-0.25, -0.2) is 12.7 Å². The fraction of sp³-hybridized carbons (Fsp3) is 0.304. The molecule has 0 spiro atoms. The number of aromatic hydroxyl groups is 1. The van der Waals surface area contributed by atoms with Crippen LogP contribution >= 0.6 is 11.6 Å². The first-order chi connectivity index (χ1) is 15.8. The van der Waals surface area contributed by atoms with Crippen LogP contribution in [0.25, 0.3) is 0 Å². The van der Waals surface area contributed by atoms with E-state index in [-0.39, 0.29) is 28.6 Å². The van der Waals surface area contributed by atoms with Gasteiger partial charge in [-0.15, -0.1) is 0 Å². The van der Waals surface area contributed by atoms with Crippen molar-refractivity contribution < 1.29 is 18.6 Å². The Morgan fingerprint density at radius 3 is 2.21 bits per heavy atom. The summed E-state index contributed by atoms with van der Waals surface area (Å²) >= 11 is 6.01. The van der Waals surface area contributed by atoms with Crippen LogP contribution in [0, 0.1) is 5.41 Å². The van der Waals surface area contributed by atoms with Crippen molar-refractivity contribution in [3.05, 3.63) is 73.5 Å². The molecule has 1 atom stereocenters. The Morgan fingerprint density at radius 2 is 1.62 bits per heavy atom. The van der Waals surface area contributed by atoms with Crippen molar-refractivity contribution in [3.63, 3.8) is 0 Å². The Balaban J connectivity index is 1.87. The minimum absolute atomic E-state index is 0.0234. The van der Waals surface area contributed by atoms with E-state index in [0.29, 0.717) is 5.56 Å². The van der Waals surface area contributed by atoms with Crippen molar-refractivity contribution in [1.82, 2.24) is 4.31 Å². The molecule has 0 aliphatic rings. The number of nitrogens with zero attached hydrogens (tertiary/aromatic N) is 1. The van der Waals surface area contributed by atoms with E-state index >= 15 is 0 Å². The fourth-order valence-corrected chi connectivity index (χ4v) is 4.87. The van der Waals surface area contributed by atoms with Crippen molar-refractivity contribution in [1.29, 1.82) is 0 Å². The van der Waals surface area contributed by atoms with Gasteiger partial charge in [-0.3, -0.25) is 9.59 Å². The van der Waals surface area contributed by atoms with Crippen LogP contribution in [0.2, 0.25) is 5.02 Å². The standard InChI is InChI=1S/C23H26ClN3O6S/c1-23(2,22(31)13-8-6-5-7-9-13)12-25-16-17(20(30)19(16)29)26-15-11-10-14(24)21(18(15)28)34(32,33)27(3)4/h5-11,22,25-26,28,31H,12H2,1-4H3/t22-/m1/s1. The number of hydrogen-bond donors (Lipinski definition) is 4. The molecule has 0 radical (unpaired) electrons. The molecule has 9 nitrogen and oxygen atoms in total. The molecule has 0 bridgehead atoms. The minimum atomic E-state index is -4.09. The monoisotopic (exact) mass is 507 g/mol. The normalized spacial score (nSPS) is 13.3. The largest absolute Gasteiger partial charge is 0.504 e. The Bertz CT molecular complexity index is 1380. The van der Waals surface area contributed by atoms with Crippen molar-refractivity contribution in [2.75, 3.05) is 31.3 Å². The average Bonchev–Trinajstić information content (AvgIpc) is 2.79. The van der Waals surface area contributed by atoms with E-state index in [9.17, 15) is 28.2 Å². The summed E-state index contributed by atoms with van der Waals surface area (Å²) in [7, 11) is -1.51. The van der Waals surface area contributed by atoms with E-state index in [2.05, 4.69) is 10.6 Å². The lowest BCUT2D eigenvalue weighted by Gasteiger charge is -2.32. The average molecular weight is 508 g/mol. The number of hydrogen-bond acceptors (Lipinski definition) is 8. The lowest BCUT2D eigenvalue weighted by Crippen LogP contribution is -2.39. The van der Waals surface area contributed by atoms with Gasteiger partial charge in [0, 0.05) is 26.1 Å². The lowest BCUT2D eigenvalue weighted by molar-refractivity contribution is 0.0584. The van der Waals surface area contributed by atoms with Crippen molar-refractivity contribution in [3.8, 4) is 5.75 Å². The van der Waals surface area contributed by atoms with Crippen LogP contribution in [0.5, 0.6) is 5.75 Å². The third-order valence-electron chi connectivity index (χ3n) is 5.57. The zero-order chi connectivity index (χ0) is 25.4. The van der Waals surface area contributed by atoms with Gasteiger partial charge in [-0.2, -0.15) is 0 Å². The predicted molar refractivity (Wildman–Crippen MR) is 132 cm³/mol. The highest BCUT2D eigenvalue weighted by atomic mass is 35.5. The Morgan fingerprint density at radius 1 is 1.03 bits per heavy atom. The van der Waals surface area contributed by atoms with E-state index in [4.69, 9.17) is 11.6 Å². The van der Waals surface area contributed by atoms with Crippen molar-refractivity contribution >= 4 is 38.7 Å². The van der Waals surface area contributed by atoms with Gasteiger partial charge in [-0.05, 0) is 17.7 Å². The highest BCUT2D eigenvalue weighted by Gasteiger charge is 2.32. The molecule has 182 valence electrons. The first-order valence-electron chi connectivity index (χ1n) is 10.3. The topological polar surface area (TPSA) is 136 Å². The Hall–Kier alpha value is -2.92. The van der Waals surface area contributed by atoms with Gasteiger partial charge in [-0.1, -0.05) is 55.8 Å². The second-order valence-corrected chi connectivity index (χ2v) is 11.2. The number of nitrogens with one attached hydrogen (secondary N) is 2. The Labute approximate surface area is 202 Å². The SMILES string of the molecule is CN(C)S(=O)(=O)c1c(Cl)ccc(Nc2c(NCC(C)(C)[C@H](O)c3ccccc3)c(=O)c2=O)c1O. The summed E-state index contributed by atoms with van der Waals surface area (Å²) in [6.07, 6.45) is -0.844. The van der Waals surface area contributed by atoms with Gasteiger partial charge in [0.25, 0.3) is 10.9 Å². The molecule has 0 aromatic heterocycles. The summed E-state index contributed by atoms with van der Waals surface area (Å²) in [6.45, 7) is 3.76. The number of benzene rings is 2. The molecule has 11 heteroatoms. The summed E-state index contributed by atoms with van der Waals surface area (Å²) in [5.41, 5.74) is -1.85. The molecule has 0 amide bonds. The summed E-state index contributed by atoms with van der Waals surface area (Å²) < 4.78 is 26.0.